The molecule has 0 saturated heterocycles. The highest BCUT2D eigenvalue weighted by Gasteiger charge is 2.17. The average Bonchev–Trinajstić information content (AvgIpc) is 0.823. The number of phenolic OH excluding ortho intramolecular Hbond substituents is 3. The number of halogens is 1. The largest absolute Gasteiger partial charge is 0.508 e. The molecule has 9 N–H and O–H groups in total. The predicted octanol–water partition coefficient (Wildman–Crippen LogP) is 27.3. The van der Waals surface area contributed by atoms with Crippen LogP contribution in [0.5, 0.6) is 57.5 Å². The molecule has 131 heavy (non-hydrogen) atoms. The van der Waals surface area contributed by atoms with E-state index in [2.05, 4.69) is 89.5 Å². The third-order valence-corrected chi connectivity index (χ3v) is 20.2. The second-order valence-electron chi connectivity index (χ2n) is 30.6. The summed E-state index contributed by atoms with van der Waals surface area (Å²) < 4.78 is 40.3. The molecule has 692 valence electrons. The zero-order chi connectivity index (χ0) is 90.8. The molecule has 26 nitrogen and oxygen atoms in total. The summed E-state index contributed by atoms with van der Waals surface area (Å²) in [5, 5.41) is 46.8. The van der Waals surface area contributed by atoms with Gasteiger partial charge in [-0.2, -0.15) is 29.9 Å². The van der Waals surface area contributed by atoms with Gasteiger partial charge in [0.15, 0.2) is 0 Å². The Balaban J connectivity index is 0.000000341. The van der Waals surface area contributed by atoms with Gasteiger partial charge in [-0.05, 0) is 280 Å². The lowest BCUT2D eigenvalue weighted by atomic mass is 10.1. The quantitative estimate of drug-likeness (QED) is 0.00562. The Labute approximate surface area is 775 Å². The molecule has 12 aromatic rings. The molecule has 10 aromatic carbocycles. The number of esters is 3. The number of ether oxygens (including phenoxy) is 7. The Kier molecular flexibility index (Phi) is 45.1. The lowest BCUT2D eigenvalue weighted by molar-refractivity contribution is 0.0725. The highest BCUT2D eigenvalue weighted by Crippen LogP contribution is 2.30. The van der Waals surface area contributed by atoms with Gasteiger partial charge in [0.25, 0.3) is 5.24 Å². The van der Waals surface area contributed by atoms with Gasteiger partial charge in [0.1, 0.15) is 57.5 Å². The van der Waals surface area contributed by atoms with E-state index in [1.807, 2.05) is 0 Å². The molecule has 0 aliphatic rings. The van der Waals surface area contributed by atoms with Crippen LogP contribution >= 0.6 is 11.6 Å². The van der Waals surface area contributed by atoms with Crippen molar-refractivity contribution in [1.29, 1.82) is 0 Å². The summed E-state index contributed by atoms with van der Waals surface area (Å²) in [6.45, 7) is 11.5. The molecule has 0 aliphatic heterocycles. The van der Waals surface area contributed by atoms with Crippen LogP contribution in [-0.2, 0) is 0 Å². The number of hydrogen-bond donors (Lipinski definition) is 9. The summed E-state index contributed by atoms with van der Waals surface area (Å²) in [7, 11) is 0. The van der Waals surface area contributed by atoms with Gasteiger partial charge in [-0.3, -0.25) is 4.79 Å². The van der Waals surface area contributed by atoms with Crippen molar-refractivity contribution >= 4 is 105 Å². The molecular weight excluding hydrogens is 1680 g/mol. The van der Waals surface area contributed by atoms with Crippen LogP contribution < -0.4 is 65.1 Å². The van der Waals surface area contributed by atoms with E-state index in [9.17, 15) is 34.5 Å². The van der Waals surface area contributed by atoms with Gasteiger partial charge in [-0.15, -0.1) is 0 Å². The van der Waals surface area contributed by atoms with Crippen LogP contribution in [0.4, 0.5) is 69.8 Å². The van der Waals surface area contributed by atoms with E-state index < -0.39 is 23.2 Å². The molecule has 0 radical (unpaired) electrons. The van der Waals surface area contributed by atoms with Crippen LogP contribution in [0.2, 0.25) is 0 Å². The molecular formula is C104H125ClN12O14. The molecule has 0 saturated carbocycles. The van der Waals surface area contributed by atoms with Gasteiger partial charge in [0.2, 0.25) is 35.7 Å². The molecule has 0 unspecified atom stereocenters. The number of hydrogen-bond acceptors (Lipinski definition) is 26. The number of unbranched alkanes of at least 4 members (excludes halogenated alkanes) is 20. The number of benzene rings is 10. The lowest BCUT2D eigenvalue weighted by Crippen LogP contribution is -2.09. The SMILES string of the molecule is C.C.CCCCCCCCOc1ccc(C(=O)Cl)cc1.CCCCCCCCOc1ccc(C(=O)Oc2ccc(Nc3nc(Nc4ccc(OC(=O)c5ccc(OCCCCCCCC)cc5)cc4)nc(Nc4ccc(OC(=O)c5ccc(OCCCCCCCC)cc5)cc4)n3)cc2)cc1.Oc1ccc(Nc2nc(Nc3ccc(O)cc3)nc(Nc3ccc(O)cc3)n2)cc1. The summed E-state index contributed by atoms with van der Waals surface area (Å²) in [5.41, 5.74) is 5.57. The Hall–Kier alpha value is -14.0. The molecule has 0 atom stereocenters. The number of aromatic hydroxyl groups is 3. The van der Waals surface area contributed by atoms with Crippen LogP contribution in [0.3, 0.4) is 0 Å². The molecule has 0 fully saturated rings. The summed E-state index contributed by atoms with van der Waals surface area (Å²) >= 11 is 5.36. The molecule has 0 amide bonds. The van der Waals surface area contributed by atoms with Crippen molar-refractivity contribution in [3.05, 3.63) is 265 Å². The topological polar surface area (TPSA) is 343 Å². The van der Waals surface area contributed by atoms with Gasteiger partial charge in [-0.1, -0.05) is 171 Å². The average molecular weight is 1800 g/mol. The zero-order valence-electron chi connectivity index (χ0n) is 73.8. The first-order valence-corrected chi connectivity index (χ1v) is 45.0. The van der Waals surface area contributed by atoms with Crippen molar-refractivity contribution < 1.29 is 67.7 Å². The minimum Gasteiger partial charge on any atom is -0.508 e. The van der Waals surface area contributed by atoms with E-state index in [1.54, 1.807) is 243 Å². The van der Waals surface area contributed by atoms with E-state index in [0.717, 1.165) is 57.3 Å². The molecule has 2 heterocycles. The fourth-order valence-corrected chi connectivity index (χ4v) is 13.0. The van der Waals surface area contributed by atoms with Crippen molar-refractivity contribution in [1.82, 2.24) is 29.9 Å². The standard InChI is InChI=1S/C66H78N6O9.C21H18N6O3.C15H21ClO2.2CH4/c1-4-7-10-13-16-19-46-76-55-34-22-49(23-35-55)61(73)79-58-40-28-52(29-41-58)67-64-70-65(68-53-30-42-59(43-31-53)80-62(74)50-24-36-56(37-25-50)77-47-20-17-14-11-8-5-2)72-66(71-64)69-54-32-44-60(45-33-54)81-63(75)51-26-38-57(39-27-51)78-48-21-18-15-12-9-6-3;28-16-7-1-13(2-8-16)22-19-25-20(23-14-3-9-17(29)10-4-14)27-21(26-19)24-15-5-11-18(30)12-6-15;1-2-3-4-5-6-7-12-18-14-10-8-13(9-11-14)15(16)17;;/h22-45H,4-21,46-48H2,1-3H3,(H3,67,68,69,70,71,72);1-12,28-30H,(H3,22,23,24,25,26,27);8-11H,2-7,12H2,1H3;2*1H4. The number of nitrogens with zero attached hydrogens (tertiary/aromatic N) is 6. The van der Waals surface area contributed by atoms with E-state index in [-0.39, 0.29) is 67.8 Å². The second-order valence-corrected chi connectivity index (χ2v) is 30.9. The van der Waals surface area contributed by atoms with E-state index in [1.165, 1.54) is 109 Å². The van der Waals surface area contributed by atoms with Crippen molar-refractivity contribution in [3.63, 3.8) is 0 Å². The normalized spacial score (nSPS) is 10.5. The summed E-state index contributed by atoms with van der Waals surface area (Å²) in [6.07, 6.45) is 28.8. The smallest absolute Gasteiger partial charge is 0.343 e. The van der Waals surface area contributed by atoms with E-state index in [0.29, 0.717) is 111 Å². The maximum atomic E-state index is 13.1. The van der Waals surface area contributed by atoms with Gasteiger partial charge in [-0.25, -0.2) is 14.4 Å². The number of anilines is 12. The third-order valence-electron chi connectivity index (χ3n) is 20.0. The number of carbonyl (C=O) groups is 4. The Bertz CT molecular complexity index is 4810. The van der Waals surface area contributed by atoms with Crippen molar-refractivity contribution in [3.8, 4) is 57.5 Å². The Morgan fingerprint density at radius 3 is 0.595 bits per heavy atom. The molecule has 12 rings (SSSR count). The third kappa shape index (κ3) is 38.4. The van der Waals surface area contributed by atoms with Gasteiger partial charge in [0, 0.05) is 39.7 Å². The van der Waals surface area contributed by atoms with Crippen LogP contribution in [0, 0.1) is 0 Å². The molecule has 27 heteroatoms. The Morgan fingerprint density at radius 2 is 0.405 bits per heavy atom. The van der Waals surface area contributed by atoms with Gasteiger partial charge in [0.05, 0.1) is 43.1 Å². The minimum atomic E-state index is -0.497. The van der Waals surface area contributed by atoms with E-state index >= 15 is 0 Å². The van der Waals surface area contributed by atoms with Crippen molar-refractivity contribution in [2.45, 2.75) is 197 Å². The van der Waals surface area contributed by atoms with E-state index in [4.69, 9.17) is 44.8 Å². The monoisotopic (exact) mass is 1800 g/mol. The fourth-order valence-electron chi connectivity index (χ4n) is 12.8. The first-order valence-electron chi connectivity index (χ1n) is 44.6. The van der Waals surface area contributed by atoms with Crippen molar-refractivity contribution in [2.75, 3.05) is 58.3 Å². The van der Waals surface area contributed by atoms with Gasteiger partial charge >= 0.3 is 17.9 Å². The number of phenols is 3. The minimum absolute atomic E-state index is 0. The number of rotatable bonds is 51. The predicted molar refractivity (Wildman–Crippen MR) is 523 cm³/mol. The maximum absolute atomic E-state index is 13.1. The summed E-state index contributed by atoms with van der Waals surface area (Å²) in [5.74, 6) is 4.33. The highest BCUT2D eigenvalue weighted by atomic mass is 35.5. The molecule has 2 aromatic heterocycles. The Morgan fingerprint density at radius 1 is 0.237 bits per heavy atom. The zero-order valence-corrected chi connectivity index (χ0v) is 74.5. The first-order chi connectivity index (χ1) is 63.0. The van der Waals surface area contributed by atoms with Crippen LogP contribution in [0.1, 0.15) is 238 Å². The number of carbonyl (C=O) groups excluding carboxylic acids is 4. The second kappa shape index (κ2) is 57.7. The molecule has 0 spiro atoms. The van der Waals surface area contributed by atoms with Crippen LogP contribution in [0.15, 0.2) is 243 Å². The summed E-state index contributed by atoms with van der Waals surface area (Å²) in [4.78, 5) is 77.2. The first kappa shape index (κ1) is 102. The molecule has 0 aliphatic carbocycles. The van der Waals surface area contributed by atoms with Crippen LogP contribution in [0.25, 0.3) is 0 Å². The molecule has 0 bridgehead atoms. The fraction of sp³-hybridized carbons (Fsp3) is 0.327. The number of nitrogens with one attached hydrogen (secondary N) is 6. The number of aromatic nitrogens is 6. The van der Waals surface area contributed by atoms with Crippen molar-refractivity contribution in [2.24, 2.45) is 0 Å². The lowest BCUT2D eigenvalue weighted by Gasteiger charge is -2.13. The van der Waals surface area contributed by atoms with Gasteiger partial charge < -0.3 is 80.4 Å². The maximum Gasteiger partial charge on any atom is 0.343 e. The van der Waals surface area contributed by atoms with Crippen LogP contribution in [-0.4, -0.2) is 94.8 Å². The summed E-state index contributed by atoms with van der Waals surface area (Å²) in [6, 6.07) is 67.7. The highest BCUT2D eigenvalue weighted by molar-refractivity contribution is 6.67.